The van der Waals surface area contributed by atoms with Gasteiger partial charge in [0.2, 0.25) is 0 Å². The van der Waals surface area contributed by atoms with Crippen LogP contribution in [0.4, 0.5) is 0 Å². The Hall–Kier alpha value is -0.120. The normalized spacial score (nSPS) is 33.9. The Balaban J connectivity index is 2.13. The summed E-state index contributed by atoms with van der Waals surface area (Å²) >= 11 is 0. The number of hydrogen-bond acceptors (Lipinski definition) is 3. The molecule has 17 heavy (non-hydrogen) atoms. The van der Waals surface area contributed by atoms with E-state index < -0.39 is 0 Å². The summed E-state index contributed by atoms with van der Waals surface area (Å²) in [6.07, 6.45) is 4.86. The molecule has 2 N–H and O–H groups in total. The molecule has 0 bridgehead atoms. The molecule has 4 unspecified atom stereocenters. The molecule has 0 aromatic rings. The first-order valence-electron chi connectivity index (χ1n) is 7.10. The van der Waals surface area contributed by atoms with Gasteiger partial charge in [0.25, 0.3) is 0 Å². The number of ether oxygens (including phenoxy) is 2. The highest BCUT2D eigenvalue weighted by atomic mass is 16.5. The minimum Gasteiger partial charge on any atom is -0.379 e. The molecule has 0 amide bonds. The van der Waals surface area contributed by atoms with E-state index in [4.69, 9.17) is 15.2 Å². The van der Waals surface area contributed by atoms with Gasteiger partial charge in [-0.25, -0.2) is 0 Å². The fourth-order valence-electron chi connectivity index (χ4n) is 2.77. The highest BCUT2D eigenvalue weighted by Crippen LogP contribution is 2.29. The van der Waals surface area contributed by atoms with Crippen LogP contribution in [0.5, 0.6) is 0 Å². The van der Waals surface area contributed by atoms with Crippen molar-refractivity contribution >= 4 is 0 Å². The SMILES string of the molecule is CCCCOCCOC1C(C)CC(C)CC1N. The molecule has 0 spiro atoms. The Morgan fingerprint density at radius 3 is 2.53 bits per heavy atom. The van der Waals surface area contributed by atoms with E-state index >= 15 is 0 Å². The highest BCUT2D eigenvalue weighted by Gasteiger charge is 2.32. The summed E-state index contributed by atoms with van der Waals surface area (Å²) in [5.74, 6) is 1.31. The second-order valence-corrected chi connectivity index (χ2v) is 5.52. The van der Waals surface area contributed by atoms with Crippen molar-refractivity contribution in [2.24, 2.45) is 17.6 Å². The van der Waals surface area contributed by atoms with Crippen molar-refractivity contribution in [3.8, 4) is 0 Å². The molecule has 102 valence electrons. The fourth-order valence-corrected chi connectivity index (χ4v) is 2.77. The molecule has 4 atom stereocenters. The number of nitrogens with two attached hydrogens (primary N) is 1. The van der Waals surface area contributed by atoms with Gasteiger partial charge >= 0.3 is 0 Å². The van der Waals surface area contributed by atoms with E-state index in [1.807, 2.05) is 0 Å². The summed E-state index contributed by atoms with van der Waals surface area (Å²) in [4.78, 5) is 0. The minimum absolute atomic E-state index is 0.199. The zero-order chi connectivity index (χ0) is 12.7. The smallest absolute Gasteiger partial charge is 0.0752 e. The van der Waals surface area contributed by atoms with Crippen molar-refractivity contribution in [3.05, 3.63) is 0 Å². The van der Waals surface area contributed by atoms with E-state index in [2.05, 4.69) is 20.8 Å². The van der Waals surface area contributed by atoms with Crippen molar-refractivity contribution < 1.29 is 9.47 Å². The van der Waals surface area contributed by atoms with E-state index in [9.17, 15) is 0 Å². The third-order valence-electron chi connectivity index (χ3n) is 3.61. The van der Waals surface area contributed by atoms with Crippen molar-refractivity contribution in [3.63, 3.8) is 0 Å². The molecular formula is C14H29NO2. The molecule has 1 rings (SSSR count). The van der Waals surface area contributed by atoms with E-state index in [-0.39, 0.29) is 12.1 Å². The van der Waals surface area contributed by atoms with Crippen LogP contribution < -0.4 is 5.73 Å². The van der Waals surface area contributed by atoms with Gasteiger partial charge in [-0.15, -0.1) is 0 Å². The van der Waals surface area contributed by atoms with E-state index in [0.717, 1.165) is 25.4 Å². The van der Waals surface area contributed by atoms with Crippen LogP contribution in [-0.2, 0) is 9.47 Å². The second kappa shape index (κ2) is 8.06. The molecule has 1 fully saturated rings. The van der Waals surface area contributed by atoms with Crippen LogP contribution in [0.25, 0.3) is 0 Å². The van der Waals surface area contributed by atoms with Gasteiger partial charge in [0.15, 0.2) is 0 Å². The summed E-state index contributed by atoms with van der Waals surface area (Å²) in [5.41, 5.74) is 6.16. The van der Waals surface area contributed by atoms with Gasteiger partial charge in [-0.1, -0.05) is 27.2 Å². The maximum atomic E-state index is 6.16. The van der Waals surface area contributed by atoms with Crippen LogP contribution in [0.1, 0.15) is 46.5 Å². The third-order valence-corrected chi connectivity index (χ3v) is 3.61. The maximum Gasteiger partial charge on any atom is 0.0752 e. The van der Waals surface area contributed by atoms with Crippen LogP contribution in [0, 0.1) is 11.8 Å². The lowest BCUT2D eigenvalue weighted by molar-refractivity contribution is -0.0505. The van der Waals surface area contributed by atoms with Crippen molar-refractivity contribution in [2.45, 2.75) is 58.6 Å². The molecule has 0 aliphatic heterocycles. The Labute approximate surface area is 106 Å². The summed E-state index contributed by atoms with van der Waals surface area (Å²) in [5, 5.41) is 0. The highest BCUT2D eigenvalue weighted by molar-refractivity contribution is 4.86. The monoisotopic (exact) mass is 243 g/mol. The van der Waals surface area contributed by atoms with Gasteiger partial charge in [-0.3, -0.25) is 0 Å². The van der Waals surface area contributed by atoms with Gasteiger partial charge in [0.05, 0.1) is 19.3 Å². The number of unbranched alkanes of at least 4 members (excludes halogenated alkanes) is 1. The molecule has 0 radical (unpaired) electrons. The quantitative estimate of drug-likeness (QED) is 0.699. The molecule has 0 saturated heterocycles. The van der Waals surface area contributed by atoms with Crippen LogP contribution in [0.15, 0.2) is 0 Å². The van der Waals surface area contributed by atoms with Crippen molar-refractivity contribution in [1.29, 1.82) is 0 Å². The molecule has 3 nitrogen and oxygen atoms in total. The predicted octanol–water partition coefficient (Wildman–Crippen LogP) is 2.58. The fraction of sp³-hybridized carbons (Fsp3) is 1.00. The van der Waals surface area contributed by atoms with Crippen molar-refractivity contribution in [2.75, 3.05) is 19.8 Å². The van der Waals surface area contributed by atoms with E-state index in [0.29, 0.717) is 19.1 Å². The molecule has 0 heterocycles. The van der Waals surface area contributed by atoms with Gasteiger partial charge in [-0.2, -0.15) is 0 Å². The molecular weight excluding hydrogens is 214 g/mol. The molecule has 0 aromatic heterocycles. The lowest BCUT2D eigenvalue weighted by Crippen LogP contribution is -2.46. The van der Waals surface area contributed by atoms with E-state index in [1.165, 1.54) is 12.8 Å². The largest absolute Gasteiger partial charge is 0.379 e. The second-order valence-electron chi connectivity index (χ2n) is 5.52. The van der Waals surface area contributed by atoms with Gasteiger partial charge in [-0.05, 0) is 31.1 Å². The lowest BCUT2D eigenvalue weighted by Gasteiger charge is -2.37. The Bertz CT molecular complexity index is 187. The minimum atomic E-state index is 0.199. The topological polar surface area (TPSA) is 44.5 Å². The number of rotatable bonds is 7. The summed E-state index contributed by atoms with van der Waals surface area (Å²) in [7, 11) is 0. The van der Waals surface area contributed by atoms with Crippen LogP contribution >= 0.6 is 0 Å². The lowest BCUT2D eigenvalue weighted by atomic mass is 9.78. The predicted molar refractivity (Wildman–Crippen MR) is 71.0 cm³/mol. The van der Waals surface area contributed by atoms with E-state index in [1.54, 1.807) is 0 Å². The molecule has 1 saturated carbocycles. The summed E-state index contributed by atoms with van der Waals surface area (Å²) in [6.45, 7) is 8.93. The third kappa shape index (κ3) is 5.36. The standard InChI is InChI=1S/C14H29NO2/c1-4-5-6-16-7-8-17-14-12(3)9-11(2)10-13(14)15/h11-14H,4-10,15H2,1-3H3. The Kier molecular flexibility index (Phi) is 7.09. The first-order chi connectivity index (χ1) is 8.15. The maximum absolute atomic E-state index is 6.16. The van der Waals surface area contributed by atoms with Crippen molar-refractivity contribution in [1.82, 2.24) is 0 Å². The average Bonchev–Trinajstić information content (AvgIpc) is 2.26. The van der Waals surface area contributed by atoms with Crippen LogP contribution in [0.2, 0.25) is 0 Å². The first-order valence-corrected chi connectivity index (χ1v) is 7.10. The van der Waals surface area contributed by atoms with Crippen LogP contribution in [-0.4, -0.2) is 32.0 Å². The Morgan fingerprint density at radius 2 is 1.88 bits per heavy atom. The molecule has 1 aliphatic rings. The van der Waals surface area contributed by atoms with Crippen LogP contribution in [0.3, 0.4) is 0 Å². The molecule has 3 heteroatoms. The number of hydrogen-bond donors (Lipinski definition) is 1. The zero-order valence-corrected chi connectivity index (χ0v) is 11.7. The summed E-state index contributed by atoms with van der Waals surface area (Å²) in [6, 6.07) is 0.199. The zero-order valence-electron chi connectivity index (χ0n) is 11.7. The van der Waals surface area contributed by atoms with Gasteiger partial charge in [0.1, 0.15) is 0 Å². The Morgan fingerprint density at radius 1 is 1.12 bits per heavy atom. The van der Waals surface area contributed by atoms with Gasteiger partial charge in [0, 0.05) is 12.6 Å². The molecule has 0 aromatic carbocycles. The average molecular weight is 243 g/mol. The molecule has 1 aliphatic carbocycles. The van der Waals surface area contributed by atoms with Gasteiger partial charge < -0.3 is 15.2 Å². The summed E-state index contributed by atoms with van der Waals surface area (Å²) < 4.78 is 11.4. The first kappa shape index (κ1) is 14.9.